The number of halogens is 2. The van der Waals surface area contributed by atoms with Crippen LogP contribution in [0.5, 0.6) is 5.75 Å². The van der Waals surface area contributed by atoms with Gasteiger partial charge in [-0.15, -0.1) is 0 Å². The molecule has 1 fully saturated rings. The molecular formula is C13H18BCl2NO2. The minimum Gasteiger partial charge on any atom is -0.490 e. The highest BCUT2D eigenvalue weighted by molar-refractivity contribution is 6.45. The summed E-state index contributed by atoms with van der Waals surface area (Å²) in [7, 11) is -0.395. The van der Waals surface area contributed by atoms with Crippen molar-refractivity contribution in [3.05, 3.63) is 28.2 Å². The number of piperidine rings is 1. The number of benzene rings is 1. The van der Waals surface area contributed by atoms with E-state index in [9.17, 15) is 5.02 Å². The van der Waals surface area contributed by atoms with Gasteiger partial charge in [-0.1, -0.05) is 30.1 Å². The van der Waals surface area contributed by atoms with Crippen LogP contribution in [-0.4, -0.2) is 36.1 Å². The summed E-state index contributed by atoms with van der Waals surface area (Å²) in [6, 6.07) is 5.33. The zero-order valence-corrected chi connectivity index (χ0v) is 12.7. The van der Waals surface area contributed by atoms with Gasteiger partial charge in [-0.2, -0.15) is 0 Å². The lowest BCUT2D eigenvalue weighted by Crippen LogP contribution is -2.49. The van der Waals surface area contributed by atoms with Crippen molar-refractivity contribution in [1.82, 2.24) is 4.81 Å². The van der Waals surface area contributed by atoms with Crippen LogP contribution in [-0.2, 0) is 0 Å². The maximum atomic E-state index is 9.59. The average molecular weight is 302 g/mol. The van der Waals surface area contributed by atoms with Crippen LogP contribution < -0.4 is 4.74 Å². The summed E-state index contributed by atoms with van der Waals surface area (Å²) >= 11 is 11.9. The van der Waals surface area contributed by atoms with Crippen LogP contribution >= 0.6 is 23.2 Å². The maximum absolute atomic E-state index is 9.59. The average Bonchev–Trinajstić information content (AvgIpc) is 2.36. The van der Waals surface area contributed by atoms with Gasteiger partial charge >= 0.3 is 7.05 Å². The fraction of sp³-hybridized carbons (Fsp3) is 0.538. The fourth-order valence-corrected chi connectivity index (χ4v) is 2.68. The summed E-state index contributed by atoms with van der Waals surface area (Å²) in [5.74, 6) is 1.11. The molecule has 0 aromatic heterocycles. The zero-order valence-electron chi connectivity index (χ0n) is 11.1. The molecule has 1 aromatic carbocycles. The summed E-state index contributed by atoms with van der Waals surface area (Å²) < 4.78 is 5.98. The van der Waals surface area contributed by atoms with Crippen LogP contribution in [0.1, 0.15) is 13.3 Å². The molecular weight excluding hydrogens is 284 g/mol. The first-order valence-electron chi connectivity index (χ1n) is 6.51. The van der Waals surface area contributed by atoms with Crippen molar-refractivity contribution in [3.63, 3.8) is 0 Å². The highest BCUT2D eigenvalue weighted by Crippen LogP contribution is 2.29. The quantitative estimate of drug-likeness (QED) is 0.870. The monoisotopic (exact) mass is 301 g/mol. The molecule has 0 radical (unpaired) electrons. The lowest BCUT2D eigenvalue weighted by Gasteiger charge is -2.37. The third-order valence-electron chi connectivity index (χ3n) is 3.56. The van der Waals surface area contributed by atoms with Crippen molar-refractivity contribution in [2.45, 2.75) is 26.3 Å². The van der Waals surface area contributed by atoms with Gasteiger partial charge in [0.25, 0.3) is 0 Å². The van der Waals surface area contributed by atoms with Gasteiger partial charge in [0.05, 0.1) is 10.0 Å². The van der Waals surface area contributed by atoms with E-state index in [1.807, 2.05) is 6.07 Å². The molecule has 1 aliphatic heterocycles. The molecule has 0 saturated carbocycles. The molecule has 19 heavy (non-hydrogen) atoms. The van der Waals surface area contributed by atoms with Crippen LogP contribution in [0.3, 0.4) is 0 Å². The molecule has 2 unspecified atom stereocenters. The summed E-state index contributed by atoms with van der Waals surface area (Å²) in [4.78, 5) is 2.05. The number of hydrogen-bond donors (Lipinski definition) is 1. The Morgan fingerprint density at radius 1 is 1.37 bits per heavy atom. The van der Waals surface area contributed by atoms with Gasteiger partial charge in [0.1, 0.15) is 11.9 Å². The Kier molecular flexibility index (Phi) is 5.01. The lowest BCUT2D eigenvalue weighted by atomic mass is 9.80. The molecule has 1 heterocycles. The van der Waals surface area contributed by atoms with Gasteiger partial charge < -0.3 is 14.6 Å². The van der Waals surface area contributed by atoms with E-state index in [1.165, 1.54) is 0 Å². The first-order chi connectivity index (χ1) is 8.97. The third kappa shape index (κ3) is 3.79. The Morgan fingerprint density at radius 2 is 2.11 bits per heavy atom. The van der Waals surface area contributed by atoms with E-state index in [4.69, 9.17) is 27.9 Å². The molecule has 0 aliphatic carbocycles. The number of hydrogen-bond acceptors (Lipinski definition) is 3. The molecule has 3 nitrogen and oxygen atoms in total. The number of ether oxygens (including phenoxy) is 1. The van der Waals surface area contributed by atoms with Crippen molar-refractivity contribution in [1.29, 1.82) is 0 Å². The normalized spacial score (nSPS) is 24.3. The van der Waals surface area contributed by atoms with Gasteiger partial charge in [-0.25, -0.2) is 0 Å². The molecule has 2 rings (SSSR count). The molecule has 0 spiro atoms. The Labute approximate surface area is 124 Å². The minimum absolute atomic E-state index is 0.146. The molecule has 6 heteroatoms. The van der Waals surface area contributed by atoms with E-state index in [0.29, 0.717) is 16.0 Å². The predicted octanol–water partition coefficient (Wildman–Crippen LogP) is 3.19. The zero-order chi connectivity index (χ0) is 14.0. The summed E-state index contributed by atoms with van der Waals surface area (Å²) in [6.45, 7) is 5.61. The molecule has 1 aromatic rings. The standard InChI is InChI=1S/C13H18BCl2NO2/c1-9-8-17(14(2)18)6-5-13(9)19-10-3-4-11(15)12(16)7-10/h3-4,7,9,13,18H,5-6,8H2,1-2H3. The summed E-state index contributed by atoms with van der Waals surface area (Å²) in [5, 5.41) is 10.6. The second kappa shape index (κ2) is 6.36. The van der Waals surface area contributed by atoms with Gasteiger partial charge in [0.2, 0.25) is 0 Å². The molecule has 1 saturated heterocycles. The Balaban J connectivity index is 1.98. The Morgan fingerprint density at radius 3 is 2.68 bits per heavy atom. The predicted molar refractivity (Wildman–Crippen MR) is 80.1 cm³/mol. The largest absolute Gasteiger partial charge is 0.490 e. The number of rotatable bonds is 3. The second-order valence-corrected chi connectivity index (χ2v) is 5.94. The van der Waals surface area contributed by atoms with E-state index in [0.717, 1.165) is 25.3 Å². The van der Waals surface area contributed by atoms with Crippen LogP contribution in [0.25, 0.3) is 0 Å². The van der Waals surface area contributed by atoms with Gasteiger partial charge in [0, 0.05) is 12.0 Å². The third-order valence-corrected chi connectivity index (χ3v) is 4.30. The van der Waals surface area contributed by atoms with Crippen molar-refractivity contribution in [2.75, 3.05) is 13.1 Å². The van der Waals surface area contributed by atoms with Crippen molar-refractivity contribution in [3.8, 4) is 5.75 Å². The SMILES string of the molecule is CB(O)N1CCC(Oc2ccc(Cl)c(Cl)c2)C(C)C1. The van der Waals surface area contributed by atoms with E-state index in [2.05, 4.69) is 11.7 Å². The number of nitrogens with zero attached hydrogens (tertiary/aromatic N) is 1. The van der Waals surface area contributed by atoms with Gasteiger partial charge in [-0.3, -0.25) is 0 Å². The smallest absolute Gasteiger partial charge is 0.376 e. The fourth-order valence-electron chi connectivity index (χ4n) is 2.40. The molecule has 2 atom stereocenters. The van der Waals surface area contributed by atoms with Crippen LogP contribution in [0, 0.1) is 5.92 Å². The van der Waals surface area contributed by atoms with Gasteiger partial charge in [-0.05, 0) is 38.5 Å². The van der Waals surface area contributed by atoms with E-state index < -0.39 is 7.05 Å². The van der Waals surface area contributed by atoms with Crippen LogP contribution in [0.2, 0.25) is 16.9 Å². The van der Waals surface area contributed by atoms with Crippen LogP contribution in [0.4, 0.5) is 0 Å². The Hall–Kier alpha value is -0.415. The van der Waals surface area contributed by atoms with Crippen molar-refractivity contribution < 1.29 is 9.76 Å². The van der Waals surface area contributed by atoms with E-state index in [1.54, 1.807) is 19.0 Å². The first-order valence-corrected chi connectivity index (χ1v) is 7.27. The maximum Gasteiger partial charge on any atom is 0.376 e. The highest BCUT2D eigenvalue weighted by atomic mass is 35.5. The van der Waals surface area contributed by atoms with Crippen molar-refractivity contribution >= 4 is 30.3 Å². The van der Waals surface area contributed by atoms with E-state index >= 15 is 0 Å². The molecule has 1 aliphatic rings. The van der Waals surface area contributed by atoms with Crippen molar-refractivity contribution in [2.24, 2.45) is 5.92 Å². The van der Waals surface area contributed by atoms with Crippen LogP contribution in [0.15, 0.2) is 18.2 Å². The topological polar surface area (TPSA) is 32.7 Å². The first kappa shape index (κ1) is 15.0. The highest BCUT2D eigenvalue weighted by Gasteiger charge is 2.30. The molecule has 104 valence electrons. The molecule has 1 N–H and O–H groups in total. The second-order valence-electron chi connectivity index (χ2n) is 5.12. The van der Waals surface area contributed by atoms with Gasteiger partial charge in [0.15, 0.2) is 0 Å². The molecule has 0 bridgehead atoms. The minimum atomic E-state index is -0.395. The molecule has 0 amide bonds. The summed E-state index contributed by atoms with van der Waals surface area (Å²) in [5.41, 5.74) is 0. The Bertz CT molecular complexity index is 445. The van der Waals surface area contributed by atoms with E-state index in [-0.39, 0.29) is 6.10 Å². The summed E-state index contributed by atoms with van der Waals surface area (Å²) in [6.07, 6.45) is 1.04. The lowest BCUT2D eigenvalue weighted by molar-refractivity contribution is 0.0775.